The van der Waals surface area contributed by atoms with Crippen LogP contribution in [0.15, 0.2) is 72.8 Å². The molecule has 0 atom stereocenters. The average molecular weight is 356 g/mol. The first-order chi connectivity index (χ1) is 13.1. The van der Waals surface area contributed by atoms with Gasteiger partial charge in [-0.25, -0.2) is 4.90 Å². The number of rotatable bonds is 3. The quantitative estimate of drug-likeness (QED) is 0.720. The number of amides is 3. The predicted molar refractivity (Wildman–Crippen MR) is 103 cm³/mol. The molecule has 27 heavy (non-hydrogen) atoms. The Kier molecular flexibility index (Phi) is 4.05. The van der Waals surface area contributed by atoms with Gasteiger partial charge in [0.1, 0.15) is 0 Å². The van der Waals surface area contributed by atoms with E-state index < -0.39 is 0 Å². The molecule has 1 aliphatic heterocycles. The first kappa shape index (κ1) is 16.7. The van der Waals surface area contributed by atoms with Crippen LogP contribution in [0.5, 0.6) is 0 Å². The largest absolute Gasteiger partial charge is 0.322 e. The van der Waals surface area contributed by atoms with Crippen LogP contribution < -0.4 is 10.2 Å². The Hall–Kier alpha value is -3.73. The van der Waals surface area contributed by atoms with Crippen LogP contribution in [0.3, 0.4) is 0 Å². The highest BCUT2D eigenvalue weighted by atomic mass is 16.2. The van der Waals surface area contributed by atoms with Gasteiger partial charge in [-0.2, -0.15) is 0 Å². The fourth-order valence-corrected chi connectivity index (χ4v) is 3.09. The van der Waals surface area contributed by atoms with Crippen molar-refractivity contribution >= 4 is 29.1 Å². The van der Waals surface area contributed by atoms with Crippen molar-refractivity contribution in [2.24, 2.45) is 0 Å². The lowest BCUT2D eigenvalue weighted by atomic mass is 10.1. The highest BCUT2D eigenvalue weighted by Gasteiger charge is 2.36. The van der Waals surface area contributed by atoms with Crippen LogP contribution in [0.2, 0.25) is 0 Å². The molecule has 0 radical (unpaired) electrons. The number of aryl methyl sites for hydroxylation is 1. The third-order valence-electron chi connectivity index (χ3n) is 4.56. The predicted octanol–water partition coefficient (Wildman–Crippen LogP) is 4.05. The van der Waals surface area contributed by atoms with Gasteiger partial charge in [0.05, 0.1) is 16.8 Å². The summed E-state index contributed by atoms with van der Waals surface area (Å²) in [6.07, 6.45) is 0. The van der Waals surface area contributed by atoms with E-state index in [0.717, 1.165) is 10.5 Å². The minimum atomic E-state index is -0.361. The zero-order chi connectivity index (χ0) is 19.0. The van der Waals surface area contributed by atoms with Crippen molar-refractivity contribution in [1.29, 1.82) is 0 Å². The van der Waals surface area contributed by atoms with Crippen molar-refractivity contribution in [3.05, 3.63) is 95.1 Å². The number of nitrogens with zero attached hydrogens (tertiary/aromatic N) is 1. The number of fused-ring (bicyclic) bond motifs is 1. The SMILES string of the molecule is Cc1ccc(N2C(=O)c3ccccc3C2=O)cc1NC(=O)c1ccccc1. The van der Waals surface area contributed by atoms with E-state index in [-0.39, 0.29) is 17.7 Å². The lowest BCUT2D eigenvalue weighted by Gasteiger charge is -2.17. The molecule has 1 aliphatic rings. The van der Waals surface area contributed by atoms with Gasteiger partial charge in [0.25, 0.3) is 17.7 Å². The number of carbonyl (C=O) groups is 3. The summed E-state index contributed by atoms with van der Waals surface area (Å²) in [5.41, 5.74) is 3.12. The molecule has 0 saturated heterocycles. The third kappa shape index (κ3) is 2.89. The molecular weight excluding hydrogens is 340 g/mol. The van der Waals surface area contributed by atoms with E-state index in [9.17, 15) is 14.4 Å². The Morgan fingerprint density at radius 1 is 0.815 bits per heavy atom. The molecule has 4 rings (SSSR count). The normalized spacial score (nSPS) is 12.9. The first-order valence-corrected chi connectivity index (χ1v) is 8.51. The molecule has 0 bridgehead atoms. The van der Waals surface area contributed by atoms with E-state index in [0.29, 0.717) is 28.1 Å². The van der Waals surface area contributed by atoms with E-state index in [1.807, 2.05) is 13.0 Å². The number of hydrogen-bond donors (Lipinski definition) is 1. The Labute approximate surface area is 156 Å². The zero-order valence-corrected chi connectivity index (χ0v) is 14.6. The van der Waals surface area contributed by atoms with Gasteiger partial charge in [-0.05, 0) is 48.9 Å². The second-order valence-corrected chi connectivity index (χ2v) is 6.31. The molecule has 3 aromatic rings. The number of anilines is 2. The van der Waals surface area contributed by atoms with Crippen molar-refractivity contribution < 1.29 is 14.4 Å². The maximum absolute atomic E-state index is 12.7. The van der Waals surface area contributed by atoms with Gasteiger partial charge in [-0.15, -0.1) is 0 Å². The van der Waals surface area contributed by atoms with E-state index >= 15 is 0 Å². The lowest BCUT2D eigenvalue weighted by molar-refractivity contribution is 0.0925. The minimum absolute atomic E-state index is 0.252. The summed E-state index contributed by atoms with van der Waals surface area (Å²) in [6.45, 7) is 1.85. The molecule has 3 aromatic carbocycles. The molecule has 0 saturated carbocycles. The summed E-state index contributed by atoms with van der Waals surface area (Å²) in [5.74, 6) is -0.974. The summed E-state index contributed by atoms with van der Waals surface area (Å²) < 4.78 is 0. The fraction of sp³-hybridized carbons (Fsp3) is 0.0455. The van der Waals surface area contributed by atoms with Crippen molar-refractivity contribution in [1.82, 2.24) is 0 Å². The Balaban J connectivity index is 1.67. The van der Waals surface area contributed by atoms with Gasteiger partial charge in [0.2, 0.25) is 0 Å². The highest BCUT2D eigenvalue weighted by molar-refractivity contribution is 6.34. The van der Waals surface area contributed by atoms with Gasteiger partial charge in [-0.1, -0.05) is 36.4 Å². The van der Waals surface area contributed by atoms with Crippen LogP contribution in [0.4, 0.5) is 11.4 Å². The number of benzene rings is 3. The number of hydrogen-bond acceptors (Lipinski definition) is 3. The molecule has 0 unspecified atom stereocenters. The van der Waals surface area contributed by atoms with Crippen LogP contribution in [0.1, 0.15) is 36.6 Å². The average Bonchev–Trinajstić information content (AvgIpc) is 2.95. The highest BCUT2D eigenvalue weighted by Crippen LogP contribution is 2.31. The Bertz CT molecular complexity index is 1040. The van der Waals surface area contributed by atoms with Crippen LogP contribution in [-0.2, 0) is 0 Å². The van der Waals surface area contributed by atoms with E-state index in [2.05, 4.69) is 5.32 Å². The van der Waals surface area contributed by atoms with Crippen LogP contribution in [-0.4, -0.2) is 17.7 Å². The molecule has 0 fully saturated rings. The fourth-order valence-electron chi connectivity index (χ4n) is 3.09. The summed E-state index contributed by atoms with van der Waals surface area (Å²) in [4.78, 5) is 38.9. The van der Waals surface area contributed by atoms with E-state index in [4.69, 9.17) is 0 Å². The molecule has 1 N–H and O–H groups in total. The van der Waals surface area contributed by atoms with Crippen molar-refractivity contribution in [3.63, 3.8) is 0 Å². The summed E-state index contributed by atoms with van der Waals surface area (Å²) in [6, 6.07) is 20.7. The van der Waals surface area contributed by atoms with Gasteiger partial charge >= 0.3 is 0 Å². The van der Waals surface area contributed by atoms with Gasteiger partial charge in [-0.3, -0.25) is 14.4 Å². The van der Waals surface area contributed by atoms with Crippen LogP contribution >= 0.6 is 0 Å². The molecule has 5 nitrogen and oxygen atoms in total. The Morgan fingerprint density at radius 3 is 2.04 bits per heavy atom. The molecule has 0 aliphatic carbocycles. The maximum atomic E-state index is 12.7. The van der Waals surface area contributed by atoms with Crippen molar-refractivity contribution in [3.8, 4) is 0 Å². The molecular formula is C22H16N2O3. The monoisotopic (exact) mass is 356 g/mol. The summed E-state index contributed by atoms with van der Waals surface area (Å²) in [5, 5.41) is 2.85. The zero-order valence-electron chi connectivity index (χ0n) is 14.6. The first-order valence-electron chi connectivity index (χ1n) is 8.51. The standard InChI is InChI=1S/C22H16N2O3/c1-14-11-12-16(13-19(14)23-20(25)15-7-3-2-4-8-15)24-21(26)17-9-5-6-10-18(17)22(24)27/h2-13H,1H3,(H,23,25). The molecule has 3 amide bonds. The minimum Gasteiger partial charge on any atom is -0.322 e. The molecule has 5 heteroatoms. The van der Waals surface area contributed by atoms with Crippen molar-refractivity contribution in [2.45, 2.75) is 6.92 Å². The maximum Gasteiger partial charge on any atom is 0.266 e. The third-order valence-corrected chi connectivity index (χ3v) is 4.56. The molecule has 132 valence electrons. The Morgan fingerprint density at radius 2 is 1.41 bits per heavy atom. The van der Waals surface area contributed by atoms with Crippen LogP contribution in [0, 0.1) is 6.92 Å². The smallest absolute Gasteiger partial charge is 0.266 e. The molecule has 0 spiro atoms. The lowest BCUT2D eigenvalue weighted by Crippen LogP contribution is -2.29. The van der Waals surface area contributed by atoms with Crippen LogP contribution in [0.25, 0.3) is 0 Å². The van der Waals surface area contributed by atoms with E-state index in [1.54, 1.807) is 66.7 Å². The number of imide groups is 1. The summed E-state index contributed by atoms with van der Waals surface area (Å²) >= 11 is 0. The molecule has 0 aromatic heterocycles. The molecule has 1 heterocycles. The number of carbonyl (C=O) groups excluding carboxylic acids is 3. The second-order valence-electron chi connectivity index (χ2n) is 6.31. The van der Waals surface area contributed by atoms with Gasteiger partial charge < -0.3 is 5.32 Å². The van der Waals surface area contributed by atoms with Crippen molar-refractivity contribution in [2.75, 3.05) is 10.2 Å². The van der Waals surface area contributed by atoms with Gasteiger partial charge in [0, 0.05) is 11.3 Å². The van der Waals surface area contributed by atoms with E-state index in [1.165, 1.54) is 0 Å². The second kappa shape index (κ2) is 6.53. The van der Waals surface area contributed by atoms with Gasteiger partial charge in [0.15, 0.2) is 0 Å². The summed E-state index contributed by atoms with van der Waals surface area (Å²) in [7, 11) is 0. The topological polar surface area (TPSA) is 66.5 Å². The number of nitrogens with one attached hydrogen (secondary N) is 1.